The van der Waals surface area contributed by atoms with Crippen LogP contribution in [0.4, 0.5) is 10.1 Å². The van der Waals surface area contributed by atoms with Crippen molar-refractivity contribution < 1.29 is 33.2 Å². The van der Waals surface area contributed by atoms with Crippen LogP contribution < -0.4 is 5.32 Å². The largest absolute Gasteiger partial charge is 0.457 e. The monoisotopic (exact) mass is 408 g/mol. The number of ether oxygens (including phenoxy) is 1. The van der Waals surface area contributed by atoms with Crippen LogP contribution in [0, 0.1) is 33.7 Å². The quantitative estimate of drug-likeness (QED) is 0.301. The van der Waals surface area contributed by atoms with Gasteiger partial charge in [-0.25, -0.2) is 4.39 Å². The highest BCUT2D eigenvalue weighted by Crippen LogP contribution is 2.36. The first-order valence-corrected chi connectivity index (χ1v) is 8.99. The van der Waals surface area contributed by atoms with Gasteiger partial charge in [-0.15, -0.1) is 0 Å². The Labute approximate surface area is 165 Å². The van der Waals surface area contributed by atoms with Crippen molar-refractivity contribution in [3.63, 3.8) is 0 Å². The highest BCUT2D eigenvalue weighted by atomic mass is 19.1. The summed E-state index contributed by atoms with van der Waals surface area (Å²) >= 11 is 0. The molecule has 0 radical (unpaired) electrons. The zero-order chi connectivity index (χ0) is 21.7. The Morgan fingerprint density at radius 3 is 2.62 bits per heavy atom. The Hall–Kier alpha value is -3.17. The fourth-order valence-electron chi connectivity index (χ4n) is 3.48. The molecule has 1 amide bonds. The van der Waals surface area contributed by atoms with Gasteiger partial charge in [-0.3, -0.25) is 29.3 Å². The van der Waals surface area contributed by atoms with Gasteiger partial charge in [0.25, 0.3) is 0 Å². The smallest absolute Gasteiger partial charge is 0.306 e. The number of halogens is 1. The second-order valence-electron chi connectivity index (χ2n) is 7.10. The van der Waals surface area contributed by atoms with Gasteiger partial charge < -0.3 is 10.1 Å². The number of nitrogens with zero attached hydrogens (tertiary/aromatic N) is 1. The molecule has 10 heteroatoms. The van der Waals surface area contributed by atoms with Crippen LogP contribution in [0.15, 0.2) is 18.2 Å². The third-order valence-corrected chi connectivity index (χ3v) is 4.89. The number of nitrogens with one attached hydrogen (secondary N) is 1. The molecule has 1 aromatic carbocycles. The average Bonchev–Trinajstić information content (AvgIpc) is 2.85. The van der Waals surface area contributed by atoms with Crippen molar-refractivity contribution in [3.8, 4) is 0 Å². The molecular weight excluding hydrogens is 387 g/mol. The lowest BCUT2D eigenvalue weighted by molar-refractivity contribution is -0.490. The van der Waals surface area contributed by atoms with Crippen LogP contribution in [0.3, 0.4) is 0 Å². The number of anilines is 1. The SMILES string of the molecule is CC(=O)Nc1ccc(C(=O)COC(=O)C[C@H]2C(=O)C[C@@H](C)[C@H]2C[N+](=O)[O-])c(F)c1. The van der Waals surface area contributed by atoms with Gasteiger partial charge >= 0.3 is 5.97 Å². The van der Waals surface area contributed by atoms with Crippen LogP contribution in [-0.2, 0) is 19.1 Å². The number of carbonyl (C=O) groups excluding carboxylic acids is 4. The van der Waals surface area contributed by atoms with Crippen LogP contribution in [0.1, 0.15) is 37.0 Å². The standard InChI is InChI=1S/C19H21FN2O7/c1-10-5-17(24)14(15(10)8-22(27)28)7-19(26)29-9-18(25)13-4-3-12(6-16(13)20)21-11(2)23/h3-4,6,10,14-15H,5,7-9H2,1-2H3,(H,21,23)/t10-,14-,15-/m1/s1. The van der Waals surface area contributed by atoms with E-state index < -0.39 is 53.4 Å². The van der Waals surface area contributed by atoms with Gasteiger partial charge in [-0.05, 0) is 24.1 Å². The Balaban J connectivity index is 1.94. The molecule has 1 aromatic rings. The summed E-state index contributed by atoms with van der Waals surface area (Å²) < 4.78 is 18.9. The van der Waals surface area contributed by atoms with E-state index in [9.17, 15) is 33.7 Å². The molecule has 9 nitrogen and oxygen atoms in total. The van der Waals surface area contributed by atoms with E-state index in [-0.39, 0.29) is 35.8 Å². The van der Waals surface area contributed by atoms with E-state index in [0.29, 0.717) is 0 Å². The van der Waals surface area contributed by atoms with Crippen LogP contribution >= 0.6 is 0 Å². The molecule has 0 bridgehead atoms. The lowest BCUT2D eigenvalue weighted by Crippen LogP contribution is -2.28. The summed E-state index contributed by atoms with van der Waals surface area (Å²) in [5.41, 5.74) is -0.141. The highest BCUT2D eigenvalue weighted by Gasteiger charge is 2.44. The van der Waals surface area contributed by atoms with Crippen molar-refractivity contribution in [2.24, 2.45) is 17.8 Å². The zero-order valence-electron chi connectivity index (χ0n) is 16.0. The second-order valence-corrected chi connectivity index (χ2v) is 7.10. The molecule has 2 rings (SSSR count). The van der Waals surface area contributed by atoms with Gasteiger partial charge in [0.1, 0.15) is 11.6 Å². The fraction of sp³-hybridized carbons (Fsp3) is 0.474. The van der Waals surface area contributed by atoms with Crippen LogP contribution in [0.2, 0.25) is 0 Å². The summed E-state index contributed by atoms with van der Waals surface area (Å²) in [5, 5.41) is 13.2. The molecule has 0 aliphatic heterocycles. The maximum Gasteiger partial charge on any atom is 0.306 e. The summed E-state index contributed by atoms with van der Waals surface area (Å²) in [7, 11) is 0. The van der Waals surface area contributed by atoms with Gasteiger partial charge in [0.2, 0.25) is 18.2 Å². The van der Waals surface area contributed by atoms with Crippen LogP contribution in [0.5, 0.6) is 0 Å². The topological polar surface area (TPSA) is 133 Å². The zero-order valence-corrected chi connectivity index (χ0v) is 16.0. The Bertz CT molecular complexity index is 855. The fourth-order valence-corrected chi connectivity index (χ4v) is 3.48. The summed E-state index contributed by atoms with van der Waals surface area (Å²) in [6.45, 7) is 1.82. The van der Waals surface area contributed by atoms with Crippen molar-refractivity contribution in [3.05, 3.63) is 39.7 Å². The Morgan fingerprint density at radius 1 is 1.34 bits per heavy atom. The molecule has 3 atom stereocenters. The van der Waals surface area contributed by atoms with Gasteiger partial charge in [-0.2, -0.15) is 0 Å². The molecule has 1 fully saturated rings. The first-order valence-electron chi connectivity index (χ1n) is 8.99. The molecule has 1 N–H and O–H groups in total. The van der Waals surface area contributed by atoms with E-state index in [4.69, 9.17) is 4.74 Å². The third-order valence-electron chi connectivity index (χ3n) is 4.89. The molecule has 1 aliphatic rings. The molecule has 0 saturated heterocycles. The number of hydrogen-bond donors (Lipinski definition) is 1. The lowest BCUT2D eigenvalue weighted by atomic mass is 9.88. The molecule has 1 saturated carbocycles. The highest BCUT2D eigenvalue weighted by molar-refractivity contribution is 5.99. The molecular formula is C19H21FN2O7. The van der Waals surface area contributed by atoms with E-state index >= 15 is 0 Å². The summed E-state index contributed by atoms with van der Waals surface area (Å²) in [4.78, 5) is 57.4. The van der Waals surface area contributed by atoms with E-state index in [0.717, 1.165) is 12.1 Å². The molecule has 29 heavy (non-hydrogen) atoms. The molecule has 1 aliphatic carbocycles. The number of rotatable bonds is 8. The number of nitro groups is 1. The number of ketones is 2. The number of Topliss-reactive ketones (excluding diaryl/α,β-unsaturated/α-hetero) is 2. The van der Waals surface area contributed by atoms with Crippen molar-refractivity contribution in [2.75, 3.05) is 18.5 Å². The third kappa shape index (κ3) is 5.90. The van der Waals surface area contributed by atoms with E-state index in [1.54, 1.807) is 6.92 Å². The average molecular weight is 408 g/mol. The van der Waals surface area contributed by atoms with Crippen molar-refractivity contribution in [1.82, 2.24) is 0 Å². The van der Waals surface area contributed by atoms with Crippen molar-refractivity contribution >= 4 is 29.1 Å². The predicted molar refractivity (Wildman–Crippen MR) is 98.2 cm³/mol. The second kappa shape index (κ2) is 9.35. The predicted octanol–water partition coefficient (Wildman–Crippen LogP) is 2.02. The molecule has 0 spiro atoms. The molecule has 0 aromatic heterocycles. The maximum atomic E-state index is 14.0. The number of carbonyl (C=O) groups is 4. The minimum absolute atomic E-state index is 0.154. The van der Waals surface area contributed by atoms with Gasteiger partial charge in [-0.1, -0.05) is 6.92 Å². The minimum atomic E-state index is -0.886. The van der Waals surface area contributed by atoms with Crippen molar-refractivity contribution in [1.29, 1.82) is 0 Å². The number of hydrogen-bond acceptors (Lipinski definition) is 7. The van der Waals surface area contributed by atoms with Crippen molar-refractivity contribution in [2.45, 2.75) is 26.7 Å². The number of esters is 1. The van der Waals surface area contributed by atoms with E-state index in [1.807, 2.05) is 0 Å². The van der Waals surface area contributed by atoms with E-state index in [1.165, 1.54) is 13.0 Å². The van der Waals surface area contributed by atoms with Gasteiger partial charge in [0.05, 0.1) is 12.0 Å². The van der Waals surface area contributed by atoms with Gasteiger partial charge in [0.15, 0.2) is 6.61 Å². The maximum absolute atomic E-state index is 14.0. The molecule has 0 unspecified atom stereocenters. The van der Waals surface area contributed by atoms with Crippen LogP contribution in [0.25, 0.3) is 0 Å². The Morgan fingerprint density at radius 2 is 2.03 bits per heavy atom. The van der Waals surface area contributed by atoms with Gasteiger partial charge in [0, 0.05) is 35.8 Å². The summed E-state index contributed by atoms with van der Waals surface area (Å²) in [6, 6.07) is 3.46. The molecule has 0 heterocycles. The van der Waals surface area contributed by atoms with Crippen LogP contribution in [-0.4, -0.2) is 41.5 Å². The number of amides is 1. The first kappa shape index (κ1) is 22.1. The number of benzene rings is 1. The normalized spacial score (nSPS) is 20.9. The Kier molecular flexibility index (Phi) is 7.13. The minimum Gasteiger partial charge on any atom is -0.457 e. The summed E-state index contributed by atoms with van der Waals surface area (Å²) in [6.07, 6.45) is -0.208. The summed E-state index contributed by atoms with van der Waals surface area (Å²) in [5.74, 6) is -4.79. The molecule has 156 valence electrons. The first-order chi connectivity index (χ1) is 13.6. The lowest BCUT2D eigenvalue weighted by Gasteiger charge is -2.17. The van der Waals surface area contributed by atoms with E-state index in [2.05, 4.69) is 5.32 Å².